The second-order valence-corrected chi connectivity index (χ2v) is 6.87. The number of hydrogen-bond donors (Lipinski definition) is 1. The molecule has 2 aromatic carbocycles. The number of hydrogen-bond acceptors (Lipinski definition) is 7. The number of nitrogens with zero attached hydrogens (tertiary/aromatic N) is 2. The van der Waals surface area contributed by atoms with Crippen LogP contribution in [0.1, 0.15) is 34.1 Å². The lowest BCUT2D eigenvalue weighted by molar-refractivity contribution is -0.136. The van der Waals surface area contributed by atoms with E-state index in [1.165, 1.54) is 35.5 Å². The molecule has 1 aliphatic heterocycles. The third kappa shape index (κ3) is 4.42. The number of esters is 1. The summed E-state index contributed by atoms with van der Waals surface area (Å²) in [4.78, 5) is 25.0. The second kappa shape index (κ2) is 8.74. The summed E-state index contributed by atoms with van der Waals surface area (Å²) in [6.45, 7) is -0.476. The van der Waals surface area contributed by atoms with Gasteiger partial charge in [-0.2, -0.15) is 5.10 Å². The molecule has 1 atom stereocenters. The molecule has 0 fully saturated rings. The number of rotatable bonds is 6. The average Bonchev–Trinajstić information content (AvgIpc) is 3.48. The van der Waals surface area contributed by atoms with Crippen molar-refractivity contribution in [1.29, 1.82) is 0 Å². The van der Waals surface area contributed by atoms with Crippen LogP contribution in [-0.4, -0.2) is 41.4 Å². The molecule has 3 aromatic rings. The van der Waals surface area contributed by atoms with E-state index < -0.39 is 24.5 Å². The van der Waals surface area contributed by atoms with Crippen molar-refractivity contribution in [3.05, 3.63) is 83.8 Å². The van der Waals surface area contributed by atoms with Gasteiger partial charge >= 0.3 is 5.97 Å². The molecule has 0 saturated heterocycles. The Balaban J connectivity index is 1.50. The van der Waals surface area contributed by atoms with Crippen molar-refractivity contribution in [2.24, 2.45) is 5.10 Å². The molecular formula is C23H20N2O6. The molecule has 8 nitrogen and oxygen atoms in total. The van der Waals surface area contributed by atoms with Gasteiger partial charge in [-0.1, -0.05) is 0 Å². The highest BCUT2D eigenvalue weighted by atomic mass is 16.5. The van der Waals surface area contributed by atoms with Gasteiger partial charge in [0.05, 0.1) is 24.6 Å². The SMILES string of the molecule is COc1ccc(C2=NN(C(=O)COC(=O)c3ccc(O)cc3)C(c3ccco3)C2)cc1. The van der Waals surface area contributed by atoms with Gasteiger partial charge in [-0.25, -0.2) is 9.80 Å². The number of ether oxygens (including phenoxy) is 2. The second-order valence-electron chi connectivity index (χ2n) is 6.87. The van der Waals surface area contributed by atoms with Crippen LogP contribution in [0.4, 0.5) is 0 Å². The summed E-state index contributed by atoms with van der Waals surface area (Å²) in [7, 11) is 1.59. The molecule has 8 heteroatoms. The van der Waals surface area contributed by atoms with Crippen LogP contribution >= 0.6 is 0 Å². The third-order valence-corrected chi connectivity index (χ3v) is 4.89. The topological polar surface area (TPSA) is 102 Å². The van der Waals surface area contributed by atoms with Gasteiger partial charge in [-0.15, -0.1) is 0 Å². The monoisotopic (exact) mass is 420 g/mol. The van der Waals surface area contributed by atoms with Crippen LogP contribution in [0, 0.1) is 0 Å². The Hall–Kier alpha value is -4.07. The van der Waals surface area contributed by atoms with Gasteiger partial charge in [0.25, 0.3) is 5.91 Å². The number of hydrazone groups is 1. The Kier molecular flexibility index (Phi) is 5.70. The number of carbonyl (C=O) groups excluding carboxylic acids is 2. The quantitative estimate of drug-likeness (QED) is 0.612. The highest BCUT2D eigenvalue weighted by Gasteiger charge is 2.35. The largest absolute Gasteiger partial charge is 0.508 e. The molecule has 31 heavy (non-hydrogen) atoms. The first-order valence-electron chi connectivity index (χ1n) is 9.58. The van der Waals surface area contributed by atoms with Crippen molar-refractivity contribution in [2.75, 3.05) is 13.7 Å². The first-order valence-corrected chi connectivity index (χ1v) is 9.58. The Labute approximate surface area is 178 Å². The van der Waals surface area contributed by atoms with Crippen LogP contribution in [-0.2, 0) is 9.53 Å². The number of methoxy groups -OCH3 is 1. The highest BCUT2D eigenvalue weighted by molar-refractivity contribution is 6.03. The lowest BCUT2D eigenvalue weighted by atomic mass is 10.0. The lowest BCUT2D eigenvalue weighted by Crippen LogP contribution is -2.31. The van der Waals surface area contributed by atoms with Gasteiger partial charge in [0.1, 0.15) is 23.3 Å². The minimum atomic E-state index is -0.665. The van der Waals surface area contributed by atoms with Crippen LogP contribution in [0.25, 0.3) is 0 Å². The number of furan rings is 1. The first-order chi connectivity index (χ1) is 15.0. The molecule has 0 saturated carbocycles. The standard InChI is InChI=1S/C23H20N2O6/c1-29-18-10-6-15(7-11-18)19-13-20(21-3-2-12-30-21)25(24-19)22(27)14-31-23(28)16-4-8-17(26)9-5-16/h2-12,20,26H,13-14H2,1H3. The predicted molar refractivity (Wildman–Crippen MR) is 111 cm³/mol. The molecule has 158 valence electrons. The van der Waals surface area contributed by atoms with E-state index in [4.69, 9.17) is 13.9 Å². The molecular weight excluding hydrogens is 400 g/mol. The zero-order valence-corrected chi connectivity index (χ0v) is 16.7. The van der Waals surface area contributed by atoms with E-state index in [0.29, 0.717) is 17.9 Å². The molecule has 0 radical (unpaired) electrons. The maximum atomic E-state index is 12.9. The van der Waals surface area contributed by atoms with Crippen molar-refractivity contribution in [2.45, 2.75) is 12.5 Å². The number of amides is 1. The maximum Gasteiger partial charge on any atom is 0.338 e. The summed E-state index contributed by atoms with van der Waals surface area (Å²) in [6, 6.07) is 16.1. The van der Waals surface area contributed by atoms with Crippen LogP contribution in [0.2, 0.25) is 0 Å². The average molecular weight is 420 g/mol. The molecule has 1 N–H and O–H groups in total. The number of benzene rings is 2. The number of aromatic hydroxyl groups is 1. The van der Waals surface area contributed by atoms with Crippen LogP contribution in [0.3, 0.4) is 0 Å². The fourth-order valence-electron chi connectivity index (χ4n) is 3.28. The van der Waals surface area contributed by atoms with E-state index in [1.54, 1.807) is 19.2 Å². The maximum absolute atomic E-state index is 12.9. The van der Waals surface area contributed by atoms with Gasteiger partial charge in [-0.3, -0.25) is 4.79 Å². The minimum Gasteiger partial charge on any atom is -0.508 e. The Bertz CT molecular complexity index is 1090. The Morgan fingerprint density at radius 1 is 1.13 bits per heavy atom. The predicted octanol–water partition coefficient (Wildman–Crippen LogP) is 3.53. The van der Waals surface area contributed by atoms with Crippen molar-refractivity contribution >= 4 is 17.6 Å². The zero-order chi connectivity index (χ0) is 21.8. The molecule has 1 unspecified atom stereocenters. The van der Waals surface area contributed by atoms with Gasteiger partial charge < -0.3 is 19.0 Å². The fraction of sp³-hybridized carbons (Fsp3) is 0.174. The Morgan fingerprint density at radius 3 is 2.52 bits per heavy atom. The van der Waals surface area contributed by atoms with E-state index in [2.05, 4.69) is 5.10 Å². The van der Waals surface area contributed by atoms with Crippen molar-refractivity contribution in [3.8, 4) is 11.5 Å². The van der Waals surface area contributed by atoms with Gasteiger partial charge in [0, 0.05) is 6.42 Å². The summed E-state index contributed by atoms with van der Waals surface area (Å²) in [5, 5.41) is 15.1. The fourth-order valence-corrected chi connectivity index (χ4v) is 3.28. The smallest absolute Gasteiger partial charge is 0.338 e. The van der Waals surface area contributed by atoms with Crippen molar-refractivity contribution in [1.82, 2.24) is 5.01 Å². The summed E-state index contributed by atoms with van der Waals surface area (Å²) >= 11 is 0. The van der Waals surface area contributed by atoms with E-state index in [-0.39, 0.29) is 11.3 Å². The van der Waals surface area contributed by atoms with Gasteiger partial charge in [-0.05, 0) is 66.2 Å². The molecule has 1 aliphatic rings. The first kappa shape index (κ1) is 20.2. The van der Waals surface area contributed by atoms with E-state index >= 15 is 0 Å². The minimum absolute atomic E-state index is 0.0337. The normalized spacial score (nSPS) is 15.5. The number of carbonyl (C=O) groups is 2. The van der Waals surface area contributed by atoms with Crippen LogP contribution < -0.4 is 4.74 Å². The van der Waals surface area contributed by atoms with E-state index in [9.17, 15) is 14.7 Å². The summed E-state index contributed by atoms with van der Waals surface area (Å²) in [6.07, 6.45) is 1.99. The summed E-state index contributed by atoms with van der Waals surface area (Å²) < 4.78 is 15.8. The Morgan fingerprint density at radius 2 is 1.87 bits per heavy atom. The molecule has 1 amide bonds. The van der Waals surface area contributed by atoms with Crippen molar-refractivity contribution < 1.29 is 28.6 Å². The van der Waals surface area contributed by atoms with Crippen LogP contribution in [0.15, 0.2) is 76.4 Å². The number of phenols is 1. The number of phenolic OH excluding ortho intramolecular Hbond substituents is 1. The zero-order valence-electron chi connectivity index (χ0n) is 16.7. The van der Waals surface area contributed by atoms with Crippen LogP contribution in [0.5, 0.6) is 11.5 Å². The lowest BCUT2D eigenvalue weighted by Gasteiger charge is -2.19. The molecule has 0 bridgehead atoms. The summed E-state index contributed by atoms with van der Waals surface area (Å²) in [5.41, 5.74) is 1.80. The molecule has 4 rings (SSSR count). The highest BCUT2D eigenvalue weighted by Crippen LogP contribution is 2.33. The van der Waals surface area contributed by atoms with E-state index in [0.717, 1.165) is 11.3 Å². The van der Waals surface area contributed by atoms with Gasteiger partial charge in [0.2, 0.25) is 0 Å². The van der Waals surface area contributed by atoms with Crippen molar-refractivity contribution in [3.63, 3.8) is 0 Å². The summed E-state index contributed by atoms with van der Waals surface area (Å²) in [5.74, 6) is 0.203. The molecule has 2 heterocycles. The molecule has 1 aromatic heterocycles. The van der Waals surface area contributed by atoms with Gasteiger partial charge in [0.15, 0.2) is 6.61 Å². The third-order valence-electron chi connectivity index (χ3n) is 4.89. The van der Waals surface area contributed by atoms with E-state index in [1.807, 2.05) is 24.3 Å². The molecule has 0 spiro atoms. The molecule has 0 aliphatic carbocycles.